The van der Waals surface area contributed by atoms with Crippen molar-refractivity contribution in [1.29, 1.82) is 0 Å². The van der Waals surface area contributed by atoms with Crippen LogP contribution in [-0.4, -0.2) is 14.6 Å². The molecule has 2 heterocycles. The Morgan fingerprint density at radius 2 is 1.94 bits per heavy atom. The molecule has 5 heteroatoms. The molecule has 3 aromatic rings. The summed E-state index contributed by atoms with van der Waals surface area (Å²) in [5, 5.41) is 4.84. The molecular formula is C13H9BrClN3. The third kappa shape index (κ3) is 1.91. The molecule has 3 rings (SSSR count). The molecule has 0 unspecified atom stereocenters. The number of nitrogens with zero attached hydrogens (tertiary/aromatic N) is 3. The lowest BCUT2D eigenvalue weighted by Gasteiger charge is -2.02. The molecule has 90 valence electrons. The number of benzene rings is 1. The van der Waals surface area contributed by atoms with E-state index >= 15 is 0 Å². The van der Waals surface area contributed by atoms with Crippen LogP contribution < -0.4 is 0 Å². The van der Waals surface area contributed by atoms with Crippen molar-refractivity contribution in [2.45, 2.75) is 6.92 Å². The second-order valence-electron chi connectivity index (χ2n) is 4.02. The van der Waals surface area contributed by atoms with Gasteiger partial charge >= 0.3 is 0 Å². The van der Waals surface area contributed by atoms with Gasteiger partial charge in [0.1, 0.15) is 5.15 Å². The smallest absolute Gasteiger partial charge is 0.164 e. The van der Waals surface area contributed by atoms with Gasteiger partial charge in [0.2, 0.25) is 0 Å². The molecule has 0 spiro atoms. The molecule has 2 aromatic heterocycles. The quantitative estimate of drug-likeness (QED) is 0.631. The van der Waals surface area contributed by atoms with Crippen molar-refractivity contribution in [2.75, 3.05) is 0 Å². The second-order valence-corrected chi connectivity index (χ2v) is 5.32. The number of hydrogen-bond donors (Lipinski definition) is 0. The van der Waals surface area contributed by atoms with Crippen LogP contribution >= 0.6 is 27.5 Å². The largest absolute Gasteiger partial charge is 0.233 e. The van der Waals surface area contributed by atoms with Gasteiger partial charge in [0.25, 0.3) is 0 Å². The summed E-state index contributed by atoms with van der Waals surface area (Å²) in [5.41, 5.74) is 3.71. The van der Waals surface area contributed by atoms with Gasteiger partial charge in [-0.05, 0) is 30.7 Å². The standard InChI is InChI=1S/C13H9BrClN3/c1-8-6-12(15)18-13(17-8)11(7-16-18)9-2-4-10(14)5-3-9/h2-7H,1H3. The van der Waals surface area contributed by atoms with E-state index in [1.54, 1.807) is 16.8 Å². The van der Waals surface area contributed by atoms with Crippen molar-refractivity contribution in [3.63, 3.8) is 0 Å². The highest BCUT2D eigenvalue weighted by Gasteiger charge is 2.10. The van der Waals surface area contributed by atoms with E-state index in [-0.39, 0.29) is 0 Å². The molecule has 0 amide bonds. The topological polar surface area (TPSA) is 30.2 Å². The third-order valence-corrected chi connectivity index (χ3v) is 3.51. The molecule has 0 fully saturated rings. The summed E-state index contributed by atoms with van der Waals surface area (Å²) in [6, 6.07) is 9.84. The molecule has 1 aromatic carbocycles. The first kappa shape index (κ1) is 11.7. The Morgan fingerprint density at radius 1 is 1.22 bits per heavy atom. The first-order chi connectivity index (χ1) is 8.65. The number of hydrogen-bond acceptors (Lipinski definition) is 2. The Balaban J connectivity index is 2.27. The fourth-order valence-corrected chi connectivity index (χ4v) is 2.42. The fourth-order valence-electron chi connectivity index (χ4n) is 1.87. The molecular weight excluding hydrogens is 314 g/mol. The predicted octanol–water partition coefficient (Wildman–Crippen LogP) is 4.12. The number of aromatic nitrogens is 3. The average Bonchev–Trinajstić information content (AvgIpc) is 2.74. The molecule has 18 heavy (non-hydrogen) atoms. The van der Waals surface area contributed by atoms with Crippen LogP contribution in [0.2, 0.25) is 5.15 Å². The van der Waals surface area contributed by atoms with Gasteiger partial charge in [0, 0.05) is 15.7 Å². The Bertz CT molecular complexity index is 719. The molecule has 0 saturated heterocycles. The van der Waals surface area contributed by atoms with Gasteiger partial charge in [-0.2, -0.15) is 5.10 Å². The van der Waals surface area contributed by atoms with Crippen molar-refractivity contribution in [2.24, 2.45) is 0 Å². The molecule has 0 N–H and O–H groups in total. The highest BCUT2D eigenvalue weighted by atomic mass is 79.9. The molecule has 3 nitrogen and oxygen atoms in total. The van der Waals surface area contributed by atoms with Crippen LogP contribution in [0.5, 0.6) is 0 Å². The molecule has 0 aliphatic carbocycles. The van der Waals surface area contributed by atoms with Crippen LogP contribution in [0, 0.1) is 6.92 Å². The van der Waals surface area contributed by atoms with Crippen LogP contribution in [-0.2, 0) is 0 Å². The summed E-state index contributed by atoms with van der Waals surface area (Å²) in [6.07, 6.45) is 1.79. The first-order valence-corrected chi connectivity index (χ1v) is 6.59. The van der Waals surface area contributed by atoms with E-state index < -0.39 is 0 Å². The summed E-state index contributed by atoms with van der Waals surface area (Å²) in [6.45, 7) is 1.92. The summed E-state index contributed by atoms with van der Waals surface area (Å²) in [5.74, 6) is 0. The Labute approximate surface area is 118 Å². The van der Waals surface area contributed by atoms with Gasteiger partial charge in [-0.1, -0.05) is 39.7 Å². The average molecular weight is 323 g/mol. The predicted molar refractivity (Wildman–Crippen MR) is 75.9 cm³/mol. The fraction of sp³-hybridized carbons (Fsp3) is 0.0769. The maximum atomic E-state index is 6.14. The monoisotopic (exact) mass is 321 g/mol. The van der Waals surface area contributed by atoms with Crippen molar-refractivity contribution < 1.29 is 0 Å². The van der Waals surface area contributed by atoms with Crippen LogP contribution in [0.1, 0.15) is 5.69 Å². The van der Waals surface area contributed by atoms with Gasteiger partial charge in [-0.15, -0.1) is 0 Å². The number of rotatable bonds is 1. The summed E-state index contributed by atoms with van der Waals surface area (Å²) < 4.78 is 2.69. The maximum Gasteiger partial charge on any atom is 0.164 e. The minimum atomic E-state index is 0.570. The van der Waals surface area contributed by atoms with Crippen LogP contribution in [0.15, 0.2) is 41.0 Å². The Morgan fingerprint density at radius 3 is 2.67 bits per heavy atom. The van der Waals surface area contributed by atoms with Crippen molar-refractivity contribution in [3.8, 4) is 11.1 Å². The van der Waals surface area contributed by atoms with E-state index in [0.29, 0.717) is 5.15 Å². The number of halogens is 2. The molecule has 0 atom stereocenters. The zero-order chi connectivity index (χ0) is 12.7. The normalized spacial score (nSPS) is 11.1. The Kier molecular flexibility index (Phi) is 2.84. The lowest BCUT2D eigenvalue weighted by atomic mass is 10.1. The number of aryl methyl sites for hydroxylation is 1. The highest BCUT2D eigenvalue weighted by molar-refractivity contribution is 9.10. The Hall–Kier alpha value is -1.39. The molecule has 0 aliphatic heterocycles. The van der Waals surface area contributed by atoms with Gasteiger partial charge in [0.15, 0.2) is 5.65 Å². The van der Waals surface area contributed by atoms with Crippen molar-refractivity contribution in [1.82, 2.24) is 14.6 Å². The van der Waals surface area contributed by atoms with E-state index in [9.17, 15) is 0 Å². The minimum Gasteiger partial charge on any atom is -0.233 e. The van der Waals surface area contributed by atoms with E-state index in [0.717, 1.165) is 26.9 Å². The second kappa shape index (κ2) is 4.37. The summed E-state index contributed by atoms with van der Waals surface area (Å²) in [4.78, 5) is 4.50. The SMILES string of the molecule is Cc1cc(Cl)n2ncc(-c3ccc(Br)cc3)c2n1. The van der Waals surface area contributed by atoms with Crippen LogP contribution in [0.25, 0.3) is 16.8 Å². The van der Waals surface area contributed by atoms with E-state index in [1.807, 2.05) is 31.2 Å². The zero-order valence-electron chi connectivity index (χ0n) is 9.56. The van der Waals surface area contributed by atoms with Gasteiger partial charge in [-0.3, -0.25) is 0 Å². The molecule has 0 bridgehead atoms. The summed E-state index contributed by atoms with van der Waals surface area (Å²) >= 11 is 9.57. The van der Waals surface area contributed by atoms with Gasteiger partial charge in [-0.25, -0.2) is 9.50 Å². The maximum absolute atomic E-state index is 6.14. The highest BCUT2D eigenvalue weighted by Crippen LogP contribution is 2.26. The zero-order valence-corrected chi connectivity index (χ0v) is 11.9. The minimum absolute atomic E-state index is 0.570. The summed E-state index contributed by atoms with van der Waals surface area (Å²) in [7, 11) is 0. The lowest BCUT2D eigenvalue weighted by molar-refractivity contribution is 0.930. The van der Waals surface area contributed by atoms with E-state index in [4.69, 9.17) is 11.6 Å². The lowest BCUT2D eigenvalue weighted by Crippen LogP contribution is -1.94. The molecule has 0 saturated carbocycles. The van der Waals surface area contributed by atoms with Gasteiger partial charge < -0.3 is 0 Å². The van der Waals surface area contributed by atoms with E-state index in [2.05, 4.69) is 26.0 Å². The third-order valence-electron chi connectivity index (χ3n) is 2.71. The number of fused-ring (bicyclic) bond motifs is 1. The van der Waals surface area contributed by atoms with Crippen molar-refractivity contribution >= 4 is 33.2 Å². The molecule has 0 radical (unpaired) electrons. The van der Waals surface area contributed by atoms with E-state index in [1.165, 1.54) is 0 Å². The molecule has 0 aliphatic rings. The van der Waals surface area contributed by atoms with Crippen LogP contribution in [0.3, 0.4) is 0 Å². The van der Waals surface area contributed by atoms with Crippen molar-refractivity contribution in [3.05, 3.63) is 51.8 Å². The first-order valence-electron chi connectivity index (χ1n) is 5.42. The van der Waals surface area contributed by atoms with Crippen LogP contribution in [0.4, 0.5) is 0 Å². The van der Waals surface area contributed by atoms with Gasteiger partial charge in [0.05, 0.1) is 6.20 Å².